The zero-order chi connectivity index (χ0) is 13.4. The van der Waals surface area contributed by atoms with Crippen molar-refractivity contribution in [1.82, 2.24) is 9.47 Å². The van der Waals surface area contributed by atoms with Gasteiger partial charge in [0.15, 0.2) is 0 Å². The molecule has 2 aromatic rings. The smallest absolute Gasteiger partial charge is 0.317 e. The Balaban J connectivity index is 1.96. The Morgan fingerprint density at radius 2 is 2.21 bits per heavy atom. The molecule has 1 aliphatic rings. The summed E-state index contributed by atoms with van der Waals surface area (Å²) in [5.74, 6) is 0.0765. The molecule has 0 spiro atoms. The molecule has 19 heavy (non-hydrogen) atoms. The average Bonchev–Trinajstić information content (AvgIpc) is 2.74. The number of nitrogens with zero attached hydrogens (tertiary/aromatic N) is 2. The SMILES string of the molecule is COc1ccc2cc3n(c2c1)CCN(CC(=O)O)C3. The molecule has 100 valence electrons. The van der Waals surface area contributed by atoms with Crippen molar-refractivity contribution in [2.75, 3.05) is 20.2 Å². The van der Waals surface area contributed by atoms with Gasteiger partial charge in [-0.15, -0.1) is 0 Å². The van der Waals surface area contributed by atoms with Gasteiger partial charge >= 0.3 is 5.97 Å². The summed E-state index contributed by atoms with van der Waals surface area (Å²) in [5.41, 5.74) is 2.32. The maximum atomic E-state index is 10.8. The summed E-state index contributed by atoms with van der Waals surface area (Å²) >= 11 is 0. The highest BCUT2D eigenvalue weighted by Gasteiger charge is 2.20. The molecule has 0 saturated carbocycles. The van der Waals surface area contributed by atoms with E-state index in [1.165, 1.54) is 5.39 Å². The van der Waals surface area contributed by atoms with Crippen molar-refractivity contribution in [3.63, 3.8) is 0 Å². The van der Waals surface area contributed by atoms with Gasteiger partial charge in [0.25, 0.3) is 0 Å². The zero-order valence-electron chi connectivity index (χ0n) is 10.8. The number of hydrogen-bond acceptors (Lipinski definition) is 3. The molecule has 2 heterocycles. The number of rotatable bonds is 3. The first kappa shape index (κ1) is 12.0. The fraction of sp³-hybridized carbons (Fsp3) is 0.357. The minimum absolute atomic E-state index is 0.102. The molecule has 0 saturated heterocycles. The van der Waals surface area contributed by atoms with Crippen LogP contribution in [0.25, 0.3) is 10.9 Å². The van der Waals surface area contributed by atoms with Crippen LogP contribution in [0, 0.1) is 0 Å². The summed E-state index contributed by atoms with van der Waals surface area (Å²) in [7, 11) is 1.66. The van der Waals surface area contributed by atoms with E-state index in [-0.39, 0.29) is 6.54 Å². The molecular weight excluding hydrogens is 244 g/mol. The topological polar surface area (TPSA) is 54.7 Å². The number of carboxylic acid groups (broad SMARTS) is 1. The van der Waals surface area contributed by atoms with Gasteiger partial charge in [0.05, 0.1) is 19.2 Å². The van der Waals surface area contributed by atoms with Gasteiger partial charge in [-0.3, -0.25) is 9.69 Å². The second-order valence-corrected chi connectivity index (χ2v) is 4.82. The van der Waals surface area contributed by atoms with E-state index in [0.717, 1.165) is 30.0 Å². The molecular formula is C14H16N2O3. The van der Waals surface area contributed by atoms with Crippen molar-refractivity contribution in [1.29, 1.82) is 0 Å². The standard InChI is InChI=1S/C14H16N2O3/c1-19-12-3-2-10-6-11-8-15(9-14(17)18)4-5-16(11)13(10)7-12/h2-3,6-7H,4-5,8-9H2,1H3,(H,17,18). The third-order valence-corrected chi connectivity index (χ3v) is 3.58. The van der Waals surface area contributed by atoms with Gasteiger partial charge in [-0.2, -0.15) is 0 Å². The van der Waals surface area contributed by atoms with Crippen LogP contribution in [-0.2, 0) is 17.9 Å². The Morgan fingerprint density at radius 1 is 1.37 bits per heavy atom. The molecule has 1 aromatic heterocycles. The quantitative estimate of drug-likeness (QED) is 0.909. The molecule has 0 aliphatic carbocycles. The number of methoxy groups -OCH3 is 1. The minimum atomic E-state index is -0.772. The van der Waals surface area contributed by atoms with Crippen LogP contribution in [0.15, 0.2) is 24.3 Å². The highest BCUT2D eigenvalue weighted by Crippen LogP contribution is 2.27. The van der Waals surface area contributed by atoms with Crippen molar-refractivity contribution in [2.24, 2.45) is 0 Å². The lowest BCUT2D eigenvalue weighted by atomic mass is 10.2. The lowest BCUT2D eigenvalue weighted by molar-refractivity contribution is -0.138. The second kappa shape index (κ2) is 4.59. The molecule has 0 bridgehead atoms. The fourth-order valence-electron chi connectivity index (χ4n) is 2.69. The van der Waals surface area contributed by atoms with Gasteiger partial charge in [0.1, 0.15) is 5.75 Å². The highest BCUT2D eigenvalue weighted by atomic mass is 16.5. The number of carboxylic acids is 1. The van der Waals surface area contributed by atoms with Gasteiger partial charge in [0.2, 0.25) is 0 Å². The third kappa shape index (κ3) is 2.17. The van der Waals surface area contributed by atoms with Gasteiger partial charge in [0, 0.05) is 36.8 Å². The van der Waals surface area contributed by atoms with Crippen LogP contribution in [0.4, 0.5) is 0 Å². The van der Waals surface area contributed by atoms with Gasteiger partial charge in [-0.05, 0) is 18.2 Å². The van der Waals surface area contributed by atoms with E-state index in [1.54, 1.807) is 7.11 Å². The maximum Gasteiger partial charge on any atom is 0.317 e. The van der Waals surface area contributed by atoms with E-state index in [4.69, 9.17) is 9.84 Å². The Hall–Kier alpha value is -2.01. The van der Waals surface area contributed by atoms with Crippen LogP contribution in [0.5, 0.6) is 5.75 Å². The zero-order valence-corrected chi connectivity index (χ0v) is 10.8. The van der Waals surface area contributed by atoms with E-state index in [2.05, 4.69) is 10.6 Å². The van der Waals surface area contributed by atoms with E-state index in [1.807, 2.05) is 23.1 Å². The van der Waals surface area contributed by atoms with Crippen LogP contribution >= 0.6 is 0 Å². The Kier molecular flexibility index (Phi) is 2.91. The predicted molar refractivity (Wildman–Crippen MR) is 71.4 cm³/mol. The number of benzene rings is 1. The summed E-state index contributed by atoms with van der Waals surface area (Å²) in [4.78, 5) is 12.7. The summed E-state index contributed by atoms with van der Waals surface area (Å²) in [6.07, 6.45) is 0. The minimum Gasteiger partial charge on any atom is -0.497 e. The Bertz CT molecular complexity index is 633. The normalized spacial score (nSPS) is 15.4. The van der Waals surface area contributed by atoms with Gasteiger partial charge in [-0.25, -0.2) is 0 Å². The molecule has 0 atom stereocenters. The van der Waals surface area contributed by atoms with Crippen LogP contribution < -0.4 is 4.74 Å². The lowest BCUT2D eigenvalue weighted by Gasteiger charge is -2.27. The first-order valence-corrected chi connectivity index (χ1v) is 6.27. The van der Waals surface area contributed by atoms with Crippen LogP contribution in [0.2, 0.25) is 0 Å². The fourth-order valence-corrected chi connectivity index (χ4v) is 2.69. The molecule has 0 fully saturated rings. The van der Waals surface area contributed by atoms with E-state index in [0.29, 0.717) is 6.54 Å². The summed E-state index contributed by atoms with van der Waals surface area (Å²) in [5, 5.41) is 10.0. The largest absolute Gasteiger partial charge is 0.497 e. The monoisotopic (exact) mass is 260 g/mol. The molecule has 1 N–H and O–H groups in total. The highest BCUT2D eigenvalue weighted by molar-refractivity contribution is 5.83. The first-order chi connectivity index (χ1) is 9.17. The predicted octanol–water partition coefficient (Wildman–Crippen LogP) is 1.55. The second-order valence-electron chi connectivity index (χ2n) is 4.82. The molecule has 1 aliphatic heterocycles. The molecule has 5 nitrogen and oxygen atoms in total. The third-order valence-electron chi connectivity index (χ3n) is 3.58. The van der Waals surface area contributed by atoms with Crippen molar-refractivity contribution in [3.8, 4) is 5.75 Å². The summed E-state index contributed by atoms with van der Waals surface area (Å²) in [6, 6.07) is 8.15. The summed E-state index contributed by atoms with van der Waals surface area (Å²) < 4.78 is 7.50. The number of fused-ring (bicyclic) bond motifs is 3. The number of aliphatic carboxylic acids is 1. The Morgan fingerprint density at radius 3 is 2.95 bits per heavy atom. The Labute approximate surface area is 111 Å². The average molecular weight is 260 g/mol. The molecule has 1 aromatic carbocycles. The maximum absolute atomic E-state index is 10.8. The molecule has 3 rings (SSSR count). The lowest BCUT2D eigenvalue weighted by Crippen LogP contribution is -2.36. The molecule has 0 unspecified atom stereocenters. The van der Waals surface area contributed by atoms with Crippen molar-refractivity contribution >= 4 is 16.9 Å². The van der Waals surface area contributed by atoms with Crippen LogP contribution in [0.3, 0.4) is 0 Å². The van der Waals surface area contributed by atoms with E-state index >= 15 is 0 Å². The molecule has 0 radical (unpaired) electrons. The number of carbonyl (C=O) groups is 1. The first-order valence-electron chi connectivity index (χ1n) is 6.27. The van der Waals surface area contributed by atoms with E-state index < -0.39 is 5.97 Å². The molecule has 0 amide bonds. The van der Waals surface area contributed by atoms with Gasteiger partial charge < -0.3 is 14.4 Å². The van der Waals surface area contributed by atoms with Crippen LogP contribution in [-0.4, -0.2) is 40.7 Å². The van der Waals surface area contributed by atoms with Crippen LogP contribution in [0.1, 0.15) is 5.69 Å². The summed E-state index contributed by atoms with van der Waals surface area (Å²) in [6.45, 7) is 2.37. The van der Waals surface area contributed by atoms with Crippen molar-refractivity contribution < 1.29 is 14.6 Å². The molecule has 5 heteroatoms. The van der Waals surface area contributed by atoms with Crippen molar-refractivity contribution in [2.45, 2.75) is 13.1 Å². The number of hydrogen-bond donors (Lipinski definition) is 1. The number of ether oxygens (including phenoxy) is 1. The van der Waals surface area contributed by atoms with Crippen molar-refractivity contribution in [3.05, 3.63) is 30.0 Å². The van der Waals surface area contributed by atoms with Gasteiger partial charge in [-0.1, -0.05) is 0 Å². The van der Waals surface area contributed by atoms with E-state index in [9.17, 15) is 4.79 Å². The number of aromatic nitrogens is 1.